The Morgan fingerprint density at radius 1 is 1.32 bits per heavy atom. The summed E-state index contributed by atoms with van der Waals surface area (Å²) in [6.07, 6.45) is 2.79. The molecule has 1 saturated heterocycles. The average Bonchev–Trinajstić information content (AvgIpc) is 2.38. The number of H-pyrrole nitrogens is 2. The third-order valence-electron chi connectivity index (χ3n) is 3.10. The topological polar surface area (TPSA) is 123 Å². The predicted molar refractivity (Wildman–Crippen MR) is 64.0 cm³/mol. The first-order valence-electron chi connectivity index (χ1n) is 5.86. The van der Waals surface area contributed by atoms with Gasteiger partial charge >= 0.3 is 11.7 Å². The smallest absolute Gasteiger partial charge is 0.326 e. The second-order valence-corrected chi connectivity index (χ2v) is 4.33. The van der Waals surface area contributed by atoms with Crippen LogP contribution in [0.1, 0.15) is 29.6 Å². The predicted octanol–water partition coefficient (Wildman–Crippen LogP) is -0.857. The van der Waals surface area contributed by atoms with Gasteiger partial charge in [0.15, 0.2) is 0 Å². The van der Waals surface area contributed by atoms with Crippen molar-refractivity contribution >= 4 is 11.9 Å². The van der Waals surface area contributed by atoms with Gasteiger partial charge in [0.05, 0.1) is 0 Å². The lowest BCUT2D eigenvalue weighted by Crippen LogP contribution is -2.49. The first-order valence-corrected chi connectivity index (χ1v) is 5.86. The molecule has 2 heterocycles. The maximum absolute atomic E-state index is 12.2. The van der Waals surface area contributed by atoms with Gasteiger partial charge in [-0.2, -0.15) is 0 Å². The minimum absolute atomic E-state index is 0.257. The number of hydrogen-bond donors (Lipinski definition) is 3. The fourth-order valence-corrected chi connectivity index (χ4v) is 2.15. The van der Waals surface area contributed by atoms with E-state index >= 15 is 0 Å². The molecule has 0 bridgehead atoms. The van der Waals surface area contributed by atoms with Gasteiger partial charge in [-0.25, -0.2) is 9.59 Å². The minimum Gasteiger partial charge on any atom is -0.480 e. The summed E-state index contributed by atoms with van der Waals surface area (Å²) >= 11 is 0. The van der Waals surface area contributed by atoms with E-state index in [2.05, 4.69) is 4.98 Å². The molecule has 8 heteroatoms. The highest BCUT2D eigenvalue weighted by Crippen LogP contribution is 2.18. The van der Waals surface area contributed by atoms with Gasteiger partial charge in [-0.05, 0) is 19.3 Å². The van der Waals surface area contributed by atoms with E-state index in [0.29, 0.717) is 12.8 Å². The Morgan fingerprint density at radius 3 is 2.68 bits per heavy atom. The molecule has 1 atom stereocenters. The van der Waals surface area contributed by atoms with Gasteiger partial charge in [-0.15, -0.1) is 0 Å². The summed E-state index contributed by atoms with van der Waals surface area (Å²) in [6, 6.07) is -0.924. The quantitative estimate of drug-likeness (QED) is 0.643. The van der Waals surface area contributed by atoms with E-state index in [0.717, 1.165) is 17.5 Å². The number of likely N-dealkylation sites (tertiary alicyclic amines) is 1. The molecule has 1 aromatic rings. The number of carbonyl (C=O) groups excluding carboxylic acids is 1. The molecule has 102 valence electrons. The van der Waals surface area contributed by atoms with Gasteiger partial charge in [-0.1, -0.05) is 0 Å². The van der Waals surface area contributed by atoms with Gasteiger partial charge in [0.25, 0.3) is 11.5 Å². The van der Waals surface area contributed by atoms with Crippen molar-refractivity contribution < 1.29 is 14.7 Å². The number of carboxylic acids is 1. The Bertz CT molecular complexity index is 617. The fourth-order valence-electron chi connectivity index (χ4n) is 2.15. The van der Waals surface area contributed by atoms with Crippen LogP contribution in [0, 0.1) is 0 Å². The van der Waals surface area contributed by atoms with Crippen molar-refractivity contribution in [2.45, 2.75) is 25.3 Å². The average molecular weight is 267 g/mol. The second kappa shape index (κ2) is 5.09. The van der Waals surface area contributed by atoms with Crippen LogP contribution in [0.3, 0.4) is 0 Å². The number of piperidine rings is 1. The van der Waals surface area contributed by atoms with Crippen molar-refractivity contribution in [1.82, 2.24) is 14.9 Å². The molecule has 0 unspecified atom stereocenters. The molecule has 1 aliphatic rings. The van der Waals surface area contributed by atoms with Crippen LogP contribution >= 0.6 is 0 Å². The lowest BCUT2D eigenvalue weighted by molar-refractivity contribution is -0.143. The molecular formula is C11H13N3O5. The zero-order valence-electron chi connectivity index (χ0n) is 10.0. The molecule has 0 saturated carbocycles. The first kappa shape index (κ1) is 13.1. The zero-order chi connectivity index (χ0) is 14.0. The summed E-state index contributed by atoms with van der Waals surface area (Å²) in [5, 5.41) is 9.08. The standard InChI is InChI=1S/C11H13N3O5/c15-8-6(5-12-11(19)13-8)9(16)14-4-2-1-3-7(14)10(17)18/h5,7H,1-4H2,(H,17,18)(H2,12,13,15,19)/t7-/m1/s1. The van der Waals surface area contributed by atoms with Crippen molar-refractivity contribution in [3.8, 4) is 0 Å². The molecule has 0 spiro atoms. The molecule has 1 aliphatic heterocycles. The molecule has 0 aromatic carbocycles. The van der Waals surface area contributed by atoms with Crippen molar-refractivity contribution in [2.24, 2.45) is 0 Å². The van der Waals surface area contributed by atoms with Crippen molar-refractivity contribution in [3.05, 3.63) is 32.6 Å². The van der Waals surface area contributed by atoms with E-state index in [4.69, 9.17) is 5.11 Å². The normalized spacial score (nSPS) is 19.2. The maximum atomic E-state index is 12.2. The van der Waals surface area contributed by atoms with Crippen molar-refractivity contribution in [3.63, 3.8) is 0 Å². The number of rotatable bonds is 2. The van der Waals surface area contributed by atoms with Gasteiger partial charge in [-0.3, -0.25) is 14.6 Å². The van der Waals surface area contributed by atoms with Gasteiger partial charge in [0.2, 0.25) is 0 Å². The lowest BCUT2D eigenvalue weighted by atomic mass is 10.0. The van der Waals surface area contributed by atoms with Crippen LogP contribution in [0.2, 0.25) is 0 Å². The minimum atomic E-state index is -1.09. The number of aromatic nitrogens is 2. The van der Waals surface area contributed by atoms with Gasteiger partial charge < -0.3 is 15.0 Å². The summed E-state index contributed by atoms with van der Waals surface area (Å²) in [4.78, 5) is 51.0. The summed E-state index contributed by atoms with van der Waals surface area (Å²) in [5.74, 6) is -1.77. The fraction of sp³-hybridized carbons (Fsp3) is 0.455. The second-order valence-electron chi connectivity index (χ2n) is 4.33. The molecule has 0 radical (unpaired) electrons. The lowest BCUT2D eigenvalue weighted by Gasteiger charge is -2.32. The molecule has 3 N–H and O–H groups in total. The van der Waals surface area contributed by atoms with Crippen molar-refractivity contribution in [2.75, 3.05) is 6.54 Å². The van der Waals surface area contributed by atoms with E-state index in [-0.39, 0.29) is 12.1 Å². The third kappa shape index (κ3) is 2.56. The molecule has 8 nitrogen and oxygen atoms in total. The number of amides is 1. The molecule has 2 rings (SSSR count). The number of carbonyl (C=O) groups is 2. The molecule has 1 aromatic heterocycles. The van der Waals surface area contributed by atoms with Crippen LogP contribution in [-0.2, 0) is 4.79 Å². The first-order chi connectivity index (χ1) is 9.00. The van der Waals surface area contributed by atoms with Crippen LogP contribution < -0.4 is 11.2 Å². The SMILES string of the molecule is O=C(O)[C@H]1CCCCN1C(=O)c1c[nH]c(=O)[nH]c1=O. The van der Waals surface area contributed by atoms with Gasteiger partial charge in [0.1, 0.15) is 11.6 Å². The highest BCUT2D eigenvalue weighted by Gasteiger charge is 2.33. The maximum Gasteiger partial charge on any atom is 0.326 e. The number of aromatic amines is 2. The van der Waals surface area contributed by atoms with E-state index < -0.39 is 29.2 Å². The van der Waals surface area contributed by atoms with Crippen LogP contribution in [0.5, 0.6) is 0 Å². The summed E-state index contributed by atoms with van der Waals surface area (Å²) in [7, 11) is 0. The number of aliphatic carboxylic acids is 1. The molecular weight excluding hydrogens is 254 g/mol. The summed E-state index contributed by atoms with van der Waals surface area (Å²) in [6.45, 7) is 0.286. The Morgan fingerprint density at radius 2 is 2.05 bits per heavy atom. The number of nitrogens with zero attached hydrogens (tertiary/aromatic N) is 1. The highest BCUT2D eigenvalue weighted by molar-refractivity contribution is 5.96. The van der Waals surface area contributed by atoms with E-state index in [1.54, 1.807) is 0 Å². The molecule has 1 fully saturated rings. The van der Waals surface area contributed by atoms with E-state index in [9.17, 15) is 19.2 Å². The van der Waals surface area contributed by atoms with E-state index in [1.165, 1.54) is 0 Å². The van der Waals surface area contributed by atoms with E-state index in [1.807, 2.05) is 4.98 Å². The Labute approximate surface area is 107 Å². The van der Waals surface area contributed by atoms with Crippen molar-refractivity contribution in [1.29, 1.82) is 0 Å². The third-order valence-corrected chi connectivity index (χ3v) is 3.10. The monoisotopic (exact) mass is 267 g/mol. The molecule has 0 aliphatic carbocycles. The zero-order valence-corrected chi connectivity index (χ0v) is 10.0. The number of hydrogen-bond acceptors (Lipinski definition) is 4. The Balaban J connectivity index is 2.34. The van der Waals surface area contributed by atoms with Gasteiger partial charge in [0, 0.05) is 12.7 Å². The Kier molecular flexibility index (Phi) is 3.50. The molecule has 1 amide bonds. The largest absolute Gasteiger partial charge is 0.480 e. The Hall–Kier alpha value is -2.38. The van der Waals surface area contributed by atoms with Crippen LogP contribution in [0.25, 0.3) is 0 Å². The van der Waals surface area contributed by atoms with Crippen LogP contribution in [0.15, 0.2) is 15.8 Å². The van der Waals surface area contributed by atoms with Crippen LogP contribution in [0.4, 0.5) is 0 Å². The summed E-state index contributed by atoms with van der Waals surface area (Å²) < 4.78 is 0. The highest BCUT2D eigenvalue weighted by atomic mass is 16.4. The number of carboxylic acid groups (broad SMARTS) is 1. The van der Waals surface area contributed by atoms with Crippen LogP contribution in [-0.4, -0.2) is 44.4 Å². The molecule has 19 heavy (non-hydrogen) atoms. The summed E-state index contributed by atoms with van der Waals surface area (Å²) in [5.41, 5.74) is -1.79. The number of nitrogens with one attached hydrogen (secondary N) is 2.